The lowest BCUT2D eigenvalue weighted by atomic mass is 10.0. The van der Waals surface area contributed by atoms with Gasteiger partial charge in [0.05, 0.1) is 6.61 Å². The van der Waals surface area contributed by atoms with Crippen LogP contribution in [0.25, 0.3) is 0 Å². The number of rotatable bonds is 8. The molecule has 0 aromatic heterocycles. The minimum atomic E-state index is -0.572. The van der Waals surface area contributed by atoms with E-state index in [1.807, 2.05) is 44.2 Å². The molecule has 0 fully saturated rings. The Labute approximate surface area is 140 Å². The zero-order valence-corrected chi connectivity index (χ0v) is 14.8. The van der Waals surface area contributed by atoms with Crippen molar-refractivity contribution in [2.45, 2.75) is 39.0 Å². The van der Waals surface area contributed by atoms with Gasteiger partial charge in [-0.3, -0.25) is 4.79 Å². The van der Waals surface area contributed by atoms with Crippen molar-refractivity contribution in [3.05, 3.63) is 35.9 Å². The summed E-state index contributed by atoms with van der Waals surface area (Å²) in [6.07, 6.45) is 0.578. The van der Waals surface area contributed by atoms with E-state index in [2.05, 4.69) is 5.32 Å². The summed E-state index contributed by atoms with van der Waals surface area (Å²) in [6.45, 7) is 6.10. The van der Waals surface area contributed by atoms with Crippen molar-refractivity contribution in [2.75, 3.05) is 6.61 Å². The Bertz CT molecular complexity index is 466. The Balaban J connectivity index is 2.40. The van der Waals surface area contributed by atoms with E-state index in [1.165, 1.54) is 10.8 Å². The molecule has 0 spiro atoms. The fraction of sp³-hybridized carbons (Fsp3) is 0.500. The third kappa shape index (κ3) is 7.75. The van der Waals surface area contributed by atoms with E-state index < -0.39 is 6.04 Å². The van der Waals surface area contributed by atoms with Gasteiger partial charge in [-0.2, -0.15) is 0 Å². The van der Waals surface area contributed by atoms with Gasteiger partial charge in [-0.15, -0.1) is 0 Å². The van der Waals surface area contributed by atoms with Crippen LogP contribution >= 0.6 is 21.6 Å². The maximum absolute atomic E-state index is 12.0. The quantitative estimate of drug-likeness (QED) is 0.566. The van der Waals surface area contributed by atoms with Crippen LogP contribution in [-0.4, -0.2) is 23.9 Å². The molecule has 0 aliphatic carbocycles. The van der Waals surface area contributed by atoms with Crippen LogP contribution in [0.1, 0.15) is 32.8 Å². The molecule has 0 saturated heterocycles. The van der Waals surface area contributed by atoms with E-state index >= 15 is 0 Å². The third-order valence-corrected chi connectivity index (χ3v) is 4.77. The van der Waals surface area contributed by atoms with Gasteiger partial charge in [0.2, 0.25) is 0 Å². The van der Waals surface area contributed by atoms with Gasteiger partial charge < -0.3 is 10.1 Å². The molecule has 0 aliphatic heterocycles. The molecule has 0 saturated carbocycles. The summed E-state index contributed by atoms with van der Waals surface area (Å²) in [7, 11) is 2.57. The van der Waals surface area contributed by atoms with Gasteiger partial charge in [-0.05, 0) is 24.8 Å². The molecule has 0 bridgehead atoms. The van der Waals surface area contributed by atoms with Crippen molar-refractivity contribution in [1.29, 1.82) is 0 Å². The maximum Gasteiger partial charge on any atom is 0.328 e. The maximum atomic E-state index is 12.0. The van der Waals surface area contributed by atoms with Crippen LogP contribution in [0.15, 0.2) is 30.3 Å². The van der Waals surface area contributed by atoms with E-state index in [9.17, 15) is 9.59 Å². The summed E-state index contributed by atoms with van der Waals surface area (Å²) in [6, 6.07) is 9.37. The van der Waals surface area contributed by atoms with Crippen LogP contribution in [0.5, 0.6) is 0 Å². The largest absolute Gasteiger partial charge is 0.464 e. The Kier molecular flexibility index (Phi) is 9.08. The number of amides is 1. The Morgan fingerprint density at radius 2 is 1.91 bits per heavy atom. The average molecular weight is 341 g/mol. The molecule has 6 heteroatoms. The van der Waals surface area contributed by atoms with Gasteiger partial charge in [0, 0.05) is 16.5 Å². The zero-order chi connectivity index (χ0) is 16.4. The summed E-state index contributed by atoms with van der Waals surface area (Å²) in [5.41, 5.74) is 1.16. The number of nitrogens with one attached hydrogen (secondary N) is 1. The monoisotopic (exact) mass is 341 g/mol. The number of carbonyl (C=O) groups excluding carboxylic acids is 2. The normalized spacial score (nSPS) is 12.0. The summed E-state index contributed by atoms with van der Waals surface area (Å²) in [5.74, 6) is 0.683. The molecule has 1 aromatic carbocycles. The van der Waals surface area contributed by atoms with Crippen molar-refractivity contribution < 1.29 is 14.3 Å². The summed E-state index contributed by atoms with van der Waals surface area (Å²) in [5, 5.41) is 2.54. The van der Waals surface area contributed by atoms with Crippen LogP contribution in [-0.2, 0) is 15.3 Å². The number of benzene rings is 1. The molecule has 1 aromatic rings. The molecule has 122 valence electrons. The molecule has 1 rings (SSSR count). The number of carbonyl (C=O) groups is 2. The SMILES string of the molecule is CCOC(=O)[C@H](CC(C)C)NC(=O)SSCc1ccccc1. The lowest BCUT2D eigenvalue weighted by Crippen LogP contribution is -2.40. The Morgan fingerprint density at radius 3 is 2.50 bits per heavy atom. The number of hydrogen-bond donors (Lipinski definition) is 1. The molecule has 1 amide bonds. The first-order chi connectivity index (χ1) is 10.5. The predicted molar refractivity (Wildman–Crippen MR) is 93.7 cm³/mol. The first-order valence-corrected chi connectivity index (χ1v) is 9.65. The lowest BCUT2D eigenvalue weighted by molar-refractivity contribution is -0.145. The number of hydrogen-bond acceptors (Lipinski definition) is 5. The molecule has 0 aliphatic rings. The average Bonchev–Trinajstić information content (AvgIpc) is 2.47. The Hall–Kier alpha value is -1.14. The summed E-state index contributed by atoms with van der Waals surface area (Å²) < 4.78 is 5.01. The van der Waals surface area contributed by atoms with Gasteiger partial charge >= 0.3 is 5.97 Å². The predicted octanol–water partition coefficient (Wildman–Crippen LogP) is 4.26. The van der Waals surface area contributed by atoms with Crippen molar-refractivity contribution in [2.24, 2.45) is 5.92 Å². The van der Waals surface area contributed by atoms with Crippen LogP contribution in [0.2, 0.25) is 0 Å². The standard InChI is InChI=1S/C16H23NO3S2/c1-4-20-15(18)14(10-12(2)3)17-16(19)22-21-11-13-8-6-5-7-9-13/h5-9,12,14H,4,10-11H2,1-3H3,(H,17,19)/t14-/m0/s1. The van der Waals surface area contributed by atoms with Crippen LogP contribution < -0.4 is 5.32 Å². The van der Waals surface area contributed by atoms with Crippen molar-refractivity contribution >= 4 is 32.8 Å². The molecule has 22 heavy (non-hydrogen) atoms. The minimum Gasteiger partial charge on any atom is -0.464 e. The molecular weight excluding hydrogens is 318 g/mol. The molecule has 0 radical (unpaired) electrons. The number of esters is 1. The fourth-order valence-electron chi connectivity index (χ4n) is 1.82. The van der Waals surface area contributed by atoms with Gasteiger partial charge in [-0.1, -0.05) is 55.0 Å². The van der Waals surface area contributed by atoms with E-state index in [1.54, 1.807) is 6.92 Å². The highest BCUT2D eigenvalue weighted by atomic mass is 33.1. The second-order valence-electron chi connectivity index (χ2n) is 5.20. The number of ether oxygens (including phenoxy) is 1. The molecule has 0 unspecified atom stereocenters. The fourth-order valence-corrected chi connectivity index (χ4v) is 3.56. The van der Waals surface area contributed by atoms with E-state index in [4.69, 9.17) is 4.74 Å². The summed E-state index contributed by atoms with van der Waals surface area (Å²) >= 11 is 0. The van der Waals surface area contributed by atoms with E-state index in [-0.39, 0.29) is 11.2 Å². The van der Waals surface area contributed by atoms with Gasteiger partial charge in [0.25, 0.3) is 5.24 Å². The van der Waals surface area contributed by atoms with Crippen LogP contribution in [0, 0.1) is 5.92 Å². The first-order valence-electron chi connectivity index (χ1n) is 7.33. The van der Waals surface area contributed by atoms with Gasteiger partial charge in [0.1, 0.15) is 6.04 Å². The van der Waals surface area contributed by atoms with Crippen LogP contribution in [0.3, 0.4) is 0 Å². The molecular formula is C16H23NO3S2. The van der Waals surface area contributed by atoms with Gasteiger partial charge in [0.15, 0.2) is 0 Å². The third-order valence-electron chi connectivity index (χ3n) is 2.77. The van der Waals surface area contributed by atoms with Crippen molar-refractivity contribution in [3.63, 3.8) is 0 Å². The summed E-state index contributed by atoms with van der Waals surface area (Å²) in [4.78, 5) is 23.8. The Morgan fingerprint density at radius 1 is 1.23 bits per heavy atom. The molecule has 1 atom stereocenters. The molecule has 0 heterocycles. The van der Waals surface area contributed by atoms with Gasteiger partial charge in [-0.25, -0.2) is 4.79 Å². The molecule has 4 nitrogen and oxygen atoms in total. The highest BCUT2D eigenvalue weighted by Crippen LogP contribution is 2.26. The topological polar surface area (TPSA) is 55.4 Å². The lowest BCUT2D eigenvalue weighted by Gasteiger charge is -2.18. The minimum absolute atomic E-state index is 0.209. The smallest absolute Gasteiger partial charge is 0.328 e. The van der Waals surface area contributed by atoms with E-state index in [0.717, 1.165) is 22.1 Å². The van der Waals surface area contributed by atoms with Crippen molar-refractivity contribution in [1.82, 2.24) is 5.32 Å². The zero-order valence-electron chi connectivity index (χ0n) is 13.2. The van der Waals surface area contributed by atoms with Crippen LogP contribution in [0.4, 0.5) is 4.79 Å². The van der Waals surface area contributed by atoms with E-state index in [0.29, 0.717) is 18.9 Å². The van der Waals surface area contributed by atoms with Crippen molar-refractivity contribution in [3.8, 4) is 0 Å². The first kappa shape index (κ1) is 18.9. The molecule has 1 N–H and O–H groups in total. The second-order valence-corrected chi connectivity index (χ2v) is 7.47. The second kappa shape index (κ2) is 10.6. The highest BCUT2D eigenvalue weighted by molar-refractivity contribution is 8.81. The highest BCUT2D eigenvalue weighted by Gasteiger charge is 2.23.